The van der Waals surface area contributed by atoms with Crippen molar-refractivity contribution in [1.29, 1.82) is 0 Å². The Morgan fingerprint density at radius 1 is 1.08 bits per heavy atom. The summed E-state index contributed by atoms with van der Waals surface area (Å²) in [6.45, 7) is 3.44. The fraction of sp³-hybridized carbons (Fsp3) is 0.350. The molecular formula is C20H23NO3. The molecule has 24 heavy (non-hydrogen) atoms. The molecule has 1 fully saturated rings. The van der Waals surface area contributed by atoms with Gasteiger partial charge in [0, 0.05) is 19.6 Å². The van der Waals surface area contributed by atoms with E-state index in [2.05, 4.69) is 29.2 Å². The van der Waals surface area contributed by atoms with Gasteiger partial charge in [0.2, 0.25) is 0 Å². The monoisotopic (exact) mass is 325 g/mol. The number of aromatic carboxylic acids is 1. The second kappa shape index (κ2) is 8.08. The lowest BCUT2D eigenvalue weighted by atomic mass is 10.1. The van der Waals surface area contributed by atoms with E-state index in [1.54, 1.807) is 12.1 Å². The van der Waals surface area contributed by atoms with Crippen LogP contribution in [0.2, 0.25) is 0 Å². The zero-order valence-electron chi connectivity index (χ0n) is 13.7. The van der Waals surface area contributed by atoms with Crippen molar-refractivity contribution in [1.82, 2.24) is 4.90 Å². The number of aryl methyl sites for hydroxylation is 1. The third-order valence-corrected chi connectivity index (χ3v) is 4.43. The first-order valence-corrected chi connectivity index (χ1v) is 8.41. The van der Waals surface area contributed by atoms with Gasteiger partial charge in [0.25, 0.3) is 0 Å². The Morgan fingerprint density at radius 3 is 2.54 bits per heavy atom. The summed E-state index contributed by atoms with van der Waals surface area (Å²) in [7, 11) is 0. The third kappa shape index (κ3) is 4.66. The van der Waals surface area contributed by atoms with Gasteiger partial charge in [-0.25, -0.2) is 4.79 Å². The maximum atomic E-state index is 10.9. The summed E-state index contributed by atoms with van der Waals surface area (Å²) in [5.41, 5.74) is 2.83. The minimum absolute atomic E-state index is 0.261. The Labute approximate surface area is 142 Å². The zero-order chi connectivity index (χ0) is 16.8. The molecule has 1 aliphatic rings. The lowest BCUT2D eigenvalue weighted by molar-refractivity contribution is -0.0345. The summed E-state index contributed by atoms with van der Waals surface area (Å²) in [5.74, 6) is -0.881. The van der Waals surface area contributed by atoms with Gasteiger partial charge in [-0.1, -0.05) is 42.5 Å². The van der Waals surface area contributed by atoms with Crippen LogP contribution in [0, 0.1) is 0 Å². The number of carboxylic acid groups (broad SMARTS) is 1. The van der Waals surface area contributed by atoms with E-state index >= 15 is 0 Å². The molecule has 0 bridgehead atoms. The molecule has 1 N–H and O–H groups in total. The quantitative estimate of drug-likeness (QED) is 0.886. The van der Waals surface area contributed by atoms with Crippen molar-refractivity contribution in [3.8, 4) is 0 Å². The first kappa shape index (κ1) is 16.7. The van der Waals surface area contributed by atoms with E-state index in [1.165, 1.54) is 5.56 Å². The van der Waals surface area contributed by atoms with Gasteiger partial charge >= 0.3 is 5.97 Å². The number of morpholine rings is 1. The molecule has 0 amide bonds. The Kier molecular flexibility index (Phi) is 5.62. The highest BCUT2D eigenvalue weighted by Crippen LogP contribution is 2.15. The number of carbonyl (C=O) groups is 1. The molecule has 2 aromatic rings. The highest BCUT2D eigenvalue weighted by Gasteiger charge is 2.20. The molecule has 1 unspecified atom stereocenters. The maximum absolute atomic E-state index is 10.9. The largest absolute Gasteiger partial charge is 0.478 e. The van der Waals surface area contributed by atoms with E-state index in [-0.39, 0.29) is 6.10 Å². The molecule has 126 valence electrons. The number of benzene rings is 2. The molecule has 0 aliphatic carbocycles. The molecule has 1 heterocycles. The normalized spacial score (nSPS) is 18.4. The second-order valence-electron chi connectivity index (χ2n) is 6.25. The van der Waals surface area contributed by atoms with Crippen LogP contribution >= 0.6 is 0 Å². The van der Waals surface area contributed by atoms with Gasteiger partial charge in [-0.05, 0) is 36.1 Å². The van der Waals surface area contributed by atoms with E-state index in [0.717, 1.165) is 44.6 Å². The van der Waals surface area contributed by atoms with Crippen LogP contribution in [0.3, 0.4) is 0 Å². The smallest absolute Gasteiger partial charge is 0.335 e. The van der Waals surface area contributed by atoms with Crippen LogP contribution in [-0.2, 0) is 17.7 Å². The lowest BCUT2D eigenvalue weighted by Crippen LogP contribution is -2.42. The van der Waals surface area contributed by atoms with Crippen LogP contribution in [0.25, 0.3) is 0 Å². The number of rotatable bonds is 6. The van der Waals surface area contributed by atoms with Gasteiger partial charge in [0.15, 0.2) is 0 Å². The molecule has 4 heteroatoms. The van der Waals surface area contributed by atoms with Gasteiger partial charge in [0.05, 0.1) is 18.3 Å². The predicted molar refractivity (Wildman–Crippen MR) is 93.2 cm³/mol. The Bertz CT molecular complexity index is 654. The van der Waals surface area contributed by atoms with Crippen molar-refractivity contribution < 1.29 is 14.6 Å². The van der Waals surface area contributed by atoms with Gasteiger partial charge < -0.3 is 9.84 Å². The molecular weight excluding hydrogens is 302 g/mol. The summed E-state index contributed by atoms with van der Waals surface area (Å²) >= 11 is 0. The zero-order valence-corrected chi connectivity index (χ0v) is 13.7. The standard InChI is InChI=1S/C20H23NO3/c22-20(23)18-9-6-17(7-10-18)14-21-12-13-24-19(15-21)11-8-16-4-2-1-3-5-16/h1-7,9-10,19H,8,11-15H2,(H,22,23). The van der Waals surface area contributed by atoms with Crippen molar-refractivity contribution >= 4 is 5.97 Å². The van der Waals surface area contributed by atoms with Crippen LogP contribution in [0.4, 0.5) is 0 Å². The first-order valence-electron chi connectivity index (χ1n) is 8.41. The van der Waals surface area contributed by atoms with Crippen molar-refractivity contribution in [2.45, 2.75) is 25.5 Å². The van der Waals surface area contributed by atoms with Crippen LogP contribution in [0.1, 0.15) is 27.9 Å². The predicted octanol–water partition coefficient (Wildman–Crippen LogP) is 3.22. The number of ether oxygens (including phenoxy) is 1. The van der Waals surface area contributed by atoms with E-state index in [4.69, 9.17) is 9.84 Å². The molecule has 2 aromatic carbocycles. The molecule has 4 nitrogen and oxygen atoms in total. The van der Waals surface area contributed by atoms with Gasteiger partial charge in [0.1, 0.15) is 0 Å². The van der Waals surface area contributed by atoms with Crippen molar-refractivity contribution in [2.75, 3.05) is 19.7 Å². The minimum atomic E-state index is -0.881. The summed E-state index contributed by atoms with van der Waals surface area (Å²) in [5, 5.41) is 8.96. The van der Waals surface area contributed by atoms with Gasteiger partial charge in [-0.2, -0.15) is 0 Å². The molecule has 0 aromatic heterocycles. The van der Waals surface area contributed by atoms with Crippen LogP contribution in [-0.4, -0.2) is 41.8 Å². The van der Waals surface area contributed by atoms with Crippen LogP contribution < -0.4 is 0 Å². The number of nitrogens with zero attached hydrogens (tertiary/aromatic N) is 1. The van der Waals surface area contributed by atoms with E-state index in [1.807, 2.05) is 18.2 Å². The fourth-order valence-electron chi connectivity index (χ4n) is 3.08. The van der Waals surface area contributed by atoms with Crippen LogP contribution in [0.5, 0.6) is 0 Å². The summed E-state index contributed by atoms with van der Waals surface area (Å²) in [4.78, 5) is 13.3. The van der Waals surface area contributed by atoms with E-state index < -0.39 is 5.97 Å². The van der Waals surface area contributed by atoms with Crippen LogP contribution in [0.15, 0.2) is 54.6 Å². The molecule has 1 aliphatic heterocycles. The second-order valence-corrected chi connectivity index (χ2v) is 6.25. The van der Waals surface area contributed by atoms with E-state index in [9.17, 15) is 4.79 Å². The summed E-state index contributed by atoms with van der Waals surface area (Å²) in [6.07, 6.45) is 2.32. The average Bonchev–Trinajstić information content (AvgIpc) is 2.62. The van der Waals surface area contributed by atoms with Gasteiger partial charge in [-0.3, -0.25) is 4.90 Å². The fourth-order valence-corrected chi connectivity index (χ4v) is 3.08. The highest BCUT2D eigenvalue weighted by molar-refractivity contribution is 5.87. The van der Waals surface area contributed by atoms with Gasteiger partial charge in [-0.15, -0.1) is 0 Å². The van der Waals surface area contributed by atoms with Crippen molar-refractivity contribution in [3.63, 3.8) is 0 Å². The van der Waals surface area contributed by atoms with Crippen molar-refractivity contribution in [3.05, 3.63) is 71.3 Å². The molecule has 1 saturated heterocycles. The molecule has 1 atom stereocenters. The Balaban J connectivity index is 1.50. The third-order valence-electron chi connectivity index (χ3n) is 4.43. The lowest BCUT2D eigenvalue weighted by Gasteiger charge is -2.33. The first-order chi connectivity index (χ1) is 11.7. The summed E-state index contributed by atoms with van der Waals surface area (Å²) in [6, 6.07) is 17.6. The highest BCUT2D eigenvalue weighted by atomic mass is 16.5. The molecule has 0 spiro atoms. The topological polar surface area (TPSA) is 49.8 Å². The summed E-state index contributed by atoms with van der Waals surface area (Å²) < 4.78 is 5.90. The SMILES string of the molecule is O=C(O)c1ccc(CN2CCOC(CCc3ccccc3)C2)cc1. The molecule has 0 radical (unpaired) electrons. The number of carboxylic acids is 1. The maximum Gasteiger partial charge on any atom is 0.335 e. The average molecular weight is 325 g/mol. The van der Waals surface area contributed by atoms with Crippen molar-refractivity contribution in [2.24, 2.45) is 0 Å². The Hall–Kier alpha value is -2.17. The Morgan fingerprint density at radius 2 is 1.83 bits per heavy atom. The number of hydrogen-bond acceptors (Lipinski definition) is 3. The number of hydrogen-bond donors (Lipinski definition) is 1. The van der Waals surface area contributed by atoms with E-state index in [0.29, 0.717) is 5.56 Å². The molecule has 0 saturated carbocycles. The molecule has 3 rings (SSSR count). The minimum Gasteiger partial charge on any atom is -0.478 e.